The molecule has 0 spiro atoms. The first-order valence-corrected chi connectivity index (χ1v) is 8.93. The van der Waals surface area contributed by atoms with E-state index >= 15 is 0 Å². The van der Waals surface area contributed by atoms with Crippen LogP contribution in [0.15, 0.2) is 42.5 Å². The van der Waals surface area contributed by atoms with Crippen LogP contribution in [-0.2, 0) is 6.54 Å². The van der Waals surface area contributed by atoms with Crippen molar-refractivity contribution in [1.29, 1.82) is 0 Å². The second-order valence-electron chi connectivity index (χ2n) is 6.43. The lowest BCUT2D eigenvalue weighted by atomic mass is 9.86. The molecule has 0 radical (unpaired) electrons. The number of carboxylic acid groups (broad SMARTS) is 1. The molecule has 1 amide bonds. The van der Waals surface area contributed by atoms with Gasteiger partial charge in [-0.1, -0.05) is 30.2 Å². The molecule has 1 saturated carbocycles. The van der Waals surface area contributed by atoms with Gasteiger partial charge in [-0.15, -0.1) is 0 Å². The highest BCUT2D eigenvalue weighted by molar-refractivity contribution is 6.33. The van der Waals surface area contributed by atoms with Gasteiger partial charge in [-0.25, -0.2) is 4.79 Å². The molecule has 1 aliphatic carbocycles. The first kappa shape index (κ1) is 18.3. The highest BCUT2D eigenvalue weighted by atomic mass is 35.5. The predicted octanol–water partition coefficient (Wildman–Crippen LogP) is 4.15. The standard InChI is InChI=1S/C20H20ClNO4/c21-18-9-8-16(26-12-14-2-1-3-14)10-17(18)19(23)22-11-13-4-6-15(7-5-13)20(24)25/h4-10,14H,1-3,11-12H2,(H,22,23)(H,24,25). The third-order valence-electron chi connectivity index (χ3n) is 4.55. The van der Waals surface area contributed by atoms with Crippen molar-refractivity contribution in [2.75, 3.05) is 6.61 Å². The summed E-state index contributed by atoms with van der Waals surface area (Å²) in [6.45, 7) is 0.945. The smallest absolute Gasteiger partial charge is 0.335 e. The van der Waals surface area contributed by atoms with Crippen LogP contribution in [0.2, 0.25) is 5.02 Å². The maximum absolute atomic E-state index is 12.4. The fourth-order valence-corrected chi connectivity index (χ4v) is 2.89. The summed E-state index contributed by atoms with van der Waals surface area (Å²) < 4.78 is 5.76. The summed E-state index contributed by atoms with van der Waals surface area (Å²) in [5, 5.41) is 12.1. The van der Waals surface area contributed by atoms with Gasteiger partial charge in [-0.3, -0.25) is 4.79 Å². The number of amides is 1. The first-order chi connectivity index (χ1) is 12.5. The van der Waals surface area contributed by atoms with E-state index in [2.05, 4.69) is 5.32 Å². The van der Waals surface area contributed by atoms with Crippen molar-refractivity contribution >= 4 is 23.5 Å². The van der Waals surface area contributed by atoms with Gasteiger partial charge in [0.15, 0.2) is 0 Å². The molecule has 6 heteroatoms. The van der Waals surface area contributed by atoms with Crippen LogP contribution in [0, 0.1) is 5.92 Å². The SMILES string of the molecule is O=C(O)c1ccc(CNC(=O)c2cc(OCC3CCC3)ccc2Cl)cc1. The van der Waals surface area contributed by atoms with Gasteiger partial charge >= 0.3 is 5.97 Å². The van der Waals surface area contributed by atoms with Gasteiger partial charge in [-0.05, 0) is 54.7 Å². The number of nitrogens with one attached hydrogen (secondary N) is 1. The minimum absolute atomic E-state index is 0.208. The Balaban J connectivity index is 1.60. The molecule has 1 fully saturated rings. The molecule has 5 nitrogen and oxygen atoms in total. The summed E-state index contributed by atoms with van der Waals surface area (Å²) in [6.07, 6.45) is 3.65. The van der Waals surface area contributed by atoms with Gasteiger partial charge in [0.1, 0.15) is 5.75 Å². The molecule has 2 N–H and O–H groups in total. The van der Waals surface area contributed by atoms with Gasteiger partial charge in [0, 0.05) is 6.54 Å². The fraction of sp³-hybridized carbons (Fsp3) is 0.300. The number of hydrogen-bond donors (Lipinski definition) is 2. The van der Waals surface area contributed by atoms with E-state index in [0.29, 0.717) is 28.9 Å². The summed E-state index contributed by atoms with van der Waals surface area (Å²) in [5.41, 5.74) is 1.37. The van der Waals surface area contributed by atoms with Gasteiger partial charge in [0.05, 0.1) is 22.8 Å². The molecule has 1 aliphatic rings. The maximum atomic E-state index is 12.4. The molecule has 2 aromatic carbocycles. The number of carbonyl (C=O) groups excluding carboxylic acids is 1. The minimum Gasteiger partial charge on any atom is -0.493 e. The number of carboxylic acids is 1. The molecule has 0 atom stereocenters. The van der Waals surface area contributed by atoms with Crippen LogP contribution >= 0.6 is 11.6 Å². The average Bonchev–Trinajstić information content (AvgIpc) is 2.60. The molecular formula is C20H20ClNO4. The largest absolute Gasteiger partial charge is 0.493 e. The van der Waals surface area contributed by atoms with E-state index in [1.165, 1.54) is 31.4 Å². The topological polar surface area (TPSA) is 75.6 Å². The molecule has 2 aromatic rings. The summed E-state index contributed by atoms with van der Waals surface area (Å²) in [5.74, 6) is -0.0357. The van der Waals surface area contributed by atoms with Gasteiger partial charge in [-0.2, -0.15) is 0 Å². The van der Waals surface area contributed by atoms with Crippen LogP contribution in [0.5, 0.6) is 5.75 Å². The van der Waals surface area contributed by atoms with Crippen LogP contribution in [0.3, 0.4) is 0 Å². The predicted molar refractivity (Wildman–Crippen MR) is 98.9 cm³/mol. The summed E-state index contributed by atoms with van der Waals surface area (Å²) in [7, 11) is 0. The Bertz CT molecular complexity index is 800. The van der Waals surface area contributed by atoms with E-state index in [0.717, 1.165) is 5.56 Å². The number of halogens is 1. The van der Waals surface area contributed by atoms with Crippen LogP contribution in [0.1, 0.15) is 45.5 Å². The van der Waals surface area contributed by atoms with Crippen molar-refractivity contribution < 1.29 is 19.4 Å². The highest BCUT2D eigenvalue weighted by Crippen LogP contribution is 2.28. The molecule has 0 bridgehead atoms. The number of rotatable bonds is 7. The van der Waals surface area contributed by atoms with E-state index in [-0.39, 0.29) is 18.0 Å². The van der Waals surface area contributed by atoms with Crippen molar-refractivity contribution in [1.82, 2.24) is 5.32 Å². The van der Waals surface area contributed by atoms with E-state index < -0.39 is 5.97 Å². The van der Waals surface area contributed by atoms with E-state index in [4.69, 9.17) is 21.4 Å². The lowest BCUT2D eigenvalue weighted by molar-refractivity contribution is 0.0696. The average molecular weight is 374 g/mol. The monoisotopic (exact) mass is 373 g/mol. The number of carbonyl (C=O) groups is 2. The molecule has 26 heavy (non-hydrogen) atoms. The molecular weight excluding hydrogens is 354 g/mol. The zero-order valence-electron chi connectivity index (χ0n) is 14.2. The van der Waals surface area contributed by atoms with Gasteiger partial charge in [0.25, 0.3) is 5.91 Å². The summed E-state index contributed by atoms with van der Waals surface area (Å²) >= 11 is 6.15. The Morgan fingerprint density at radius 3 is 2.50 bits per heavy atom. The van der Waals surface area contributed by atoms with Crippen LogP contribution in [0.4, 0.5) is 0 Å². The second kappa shape index (κ2) is 8.23. The van der Waals surface area contributed by atoms with Crippen LogP contribution in [-0.4, -0.2) is 23.6 Å². The third kappa shape index (κ3) is 4.55. The van der Waals surface area contributed by atoms with Crippen molar-refractivity contribution in [2.45, 2.75) is 25.8 Å². The molecule has 0 unspecified atom stereocenters. The number of benzene rings is 2. The van der Waals surface area contributed by atoms with Crippen molar-refractivity contribution in [3.8, 4) is 5.75 Å². The van der Waals surface area contributed by atoms with Crippen LogP contribution in [0.25, 0.3) is 0 Å². The Morgan fingerprint density at radius 1 is 1.15 bits per heavy atom. The summed E-state index contributed by atoms with van der Waals surface area (Å²) in [4.78, 5) is 23.3. The maximum Gasteiger partial charge on any atom is 0.335 e. The fourth-order valence-electron chi connectivity index (χ4n) is 2.68. The van der Waals surface area contributed by atoms with Crippen molar-refractivity contribution in [3.63, 3.8) is 0 Å². The highest BCUT2D eigenvalue weighted by Gasteiger charge is 2.18. The van der Waals surface area contributed by atoms with E-state index in [1.54, 1.807) is 30.3 Å². The van der Waals surface area contributed by atoms with Gasteiger partial charge < -0.3 is 15.2 Å². The summed E-state index contributed by atoms with van der Waals surface area (Å²) in [6, 6.07) is 11.4. The lowest BCUT2D eigenvalue weighted by Gasteiger charge is -2.25. The van der Waals surface area contributed by atoms with E-state index in [9.17, 15) is 9.59 Å². The molecule has 0 saturated heterocycles. The quantitative estimate of drug-likeness (QED) is 0.764. The molecule has 0 heterocycles. The Kier molecular flexibility index (Phi) is 5.78. The van der Waals surface area contributed by atoms with Gasteiger partial charge in [0.2, 0.25) is 0 Å². The van der Waals surface area contributed by atoms with E-state index in [1.807, 2.05) is 0 Å². The molecule has 0 aliphatic heterocycles. The van der Waals surface area contributed by atoms with Crippen molar-refractivity contribution in [3.05, 3.63) is 64.2 Å². The Labute approximate surface area is 156 Å². The minimum atomic E-state index is -0.980. The Hall–Kier alpha value is -2.53. The zero-order valence-corrected chi connectivity index (χ0v) is 15.0. The number of ether oxygens (including phenoxy) is 1. The van der Waals surface area contributed by atoms with Crippen LogP contribution < -0.4 is 10.1 Å². The molecule has 136 valence electrons. The number of aromatic carboxylic acids is 1. The number of hydrogen-bond acceptors (Lipinski definition) is 3. The Morgan fingerprint density at radius 2 is 1.88 bits per heavy atom. The second-order valence-corrected chi connectivity index (χ2v) is 6.84. The molecule has 3 rings (SSSR count). The third-order valence-corrected chi connectivity index (χ3v) is 4.88. The normalized spacial score (nSPS) is 13.7. The lowest BCUT2D eigenvalue weighted by Crippen LogP contribution is -2.23. The first-order valence-electron chi connectivity index (χ1n) is 8.55. The zero-order chi connectivity index (χ0) is 18.5. The van der Waals surface area contributed by atoms with Crippen molar-refractivity contribution in [2.24, 2.45) is 5.92 Å². The molecule has 0 aromatic heterocycles.